The molecule has 0 saturated heterocycles. The fraction of sp³-hybridized carbons (Fsp3) is 0.533. The van der Waals surface area contributed by atoms with Crippen molar-refractivity contribution in [3.8, 4) is 5.75 Å². The number of anilines is 2. The van der Waals surface area contributed by atoms with Gasteiger partial charge < -0.3 is 14.8 Å². The molecule has 0 spiro atoms. The minimum absolute atomic E-state index is 0.140. The number of carbonyl (C=O) groups excluding carboxylic acids is 2. The van der Waals surface area contributed by atoms with Gasteiger partial charge in [-0.05, 0) is 20.8 Å². The molecule has 1 aromatic rings. The maximum Gasteiger partial charge on any atom is 0.412 e. The lowest BCUT2D eigenvalue weighted by molar-refractivity contribution is -0.114. The van der Waals surface area contributed by atoms with E-state index >= 15 is 0 Å². The highest BCUT2D eigenvalue weighted by molar-refractivity contribution is 5.91. The maximum absolute atomic E-state index is 12.2. The lowest BCUT2D eigenvalue weighted by Crippen LogP contribution is -2.27. The quantitative estimate of drug-likeness (QED) is 0.784. The van der Waals surface area contributed by atoms with Crippen molar-refractivity contribution < 1.29 is 23.5 Å². The predicted octanol–water partition coefficient (Wildman–Crippen LogP) is 3.13. The Labute approximate surface area is 134 Å². The zero-order valence-electron chi connectivity index (χ0n) is 13.7. The standard InChI is InChI=1S/C15H22FN3O4/c1-10(20)18-13-8-11(19-14(21)23-15(2,3)4)12(9-17-13)22-7-5-6-16/h8-9H,5-7H2,1-4H3,(H2,17,18,19,20,21). The highest BCUT2D eigenvalue weighted by Gasteiger charge is 2.18. The van der Waals surface area contributed by atoms with E-state index in [1.165, 1.54) is 19.2 Å². The number of nitrogens with one attached hydrogen (secondary N) is 2. The van der Waals surface area contributed by atoms with Crippen LogP contribution in [0.4, 0.5) is 20.7 Å². The van der Waals surface area contributed by atoms with Crippen molar-refractivity contribution in [1.29, 1.82) is 0 Å². The molecule has 0 fully saturated rings. The van der Waals surface area contributed by atoms with Gasteiger partial charge in [-0.2, -0.15) is 0 Å². The van der Waals surface area contributed by atoms with Gasteiger partial charge in [0.1, 0.15) is 11.4 Å². The Morgan fingerprint density at radius 1 is 1.30 bits per heavy atom. The molecule has 1 aromatic heterocycles. The minimum Gasteiger partial charge on any atom is -0.490 e. The van der Waals surface area contributed by atoms with Gasteiger partial charge in [0.2, 0.25) is 5.91 Å². The number of hydrogen-bond acceptors (Lipinski definition) is 5. The highest BCUT2D eigenvalue weighted by Crippen LogP contribution is 2.27. The van der Waals surface area contributed by atoms with Crippen LogP contribution in [0.5, 0.6) is 5.75 Å². The predicted molar refractivity (Wildman–Crippen MR) is 84.5 cm³/mol. The van der Waals surface area contributed by atoms with Gasteiger partial charge >= 0.3 is 6.09 Å². The van der Waals surface area contributed by atoms with Crippen LogP contribution >= 0.6 is 0 Å². The molecule has 0 radical (unpaired) electrons. The molecule has 23 heavy (non-hydrogen) atoms. The maximum atomic E-state index is 12.2. The molecular formula is C15H22FN3O4. The molecule has 0 aromatic carbocycles. The molecule has 0 atom stereocenters. The first-order valence-electron chi connectivity index (χ1n) is 7.17. The van der Waals surface area contributed by atoms with Crippen LogP contribution in [0.25, 0.3) is 0 Å². The van der Waals surface area contributed by atoms with E-state index < -0.39 is 18.4 Å². The summed E-state index contributed by atoms with van der Waals surface area (Å²) in [6.07, 6.45) is 0.892. The highest BCUT2D eigenvalue weighted by atomic mass is 19.1. The second kappa shape index (κ2) is 8.30. The second-order valence-electron chi connectivity index (χ2n) is 5.76. The molecule has 0 bridgehead atoms. The number of amides is 2. The number of hydrogen-bond donors (Lipinski definition) is 2. The van der Waals surface area contributed by atoms with Crippen LogP contribution in [0, 0.1) is 0 Å². The van der Waals surface area contributed by atoms with E-state index in [2.05, 4.69) is 15.6 Å². The van der Waals surface area contributed by atoms with Crippen molar-refractivity contribution >= 4 is 23.5 Å². The zero-order valence-corrected chi connectivity index (χ0v) is 13.7. The summed E-state index contributed by atoms with van der Waals surface area (Å²) in [7, 11) is 0. The molecule has 2 N–H and O–H groups in total. The third-order valence-corrected chi connectivity index (χ3v) is 2.34. The summed E-state index contributed by atoms with van der Waals surface area (Å²) < 4.78 is 22.7. The molecule has 0 aliphatic rings. The number of nitrogens with zero attached hydrogens (tertiary/aromatic N) is 1. The summed E-state index contributed by atoms with van der Waals surface area (Å²) in [5.74, 6) is 0.214. The second-order valence-corrected chi connectivity index (χ2v) is 5.76. The average Bonchev–Trinajstić information content (AvgIpc) is 2.38. The van der Waals surface area contributed by atoms with Crippen LogP contribution in [-0.2, 0) is 9.53 Å². The lowest BCUT2D eigenvalue weighted by Gasteiger charge is -2.20. The average molecular weight is 327 g/mol. The number of aromatic nitrogens is 1. The van der Waals surface area contributed by atoms with Crippen molar-refractivity contribution in [3.63, 3.8) is 0 Å². The first-order chi connectivity index (χ1) is 10.7. The fourth-order valence-corrected chi connectivity index (χ4v) is 1.55. The van der Waals surface area contributed by atoms with Crippen molar-refractivity contribution in [1.82, 2.24) is 4.98 Å². The Hall–Kier alpha value is -2.38. The Balaban J connectivity index is 2.92. The van der Waals surface area contributed by atoms with Gasteiger partial charge in [0.05, 0.1) is 25.2 Å². The molecule has 7 nitrogen and oxygen atoms in total. The first-order valence-corrected chi connectivity index (χ1v) is 7.17. The lowest BCUT2D eigenvalue weighted by atomic mass is 10.2. The van der Waals surface area contributed by atoms with Gasteiger partial charge in [-0.15, -0.1) is 0 Å². The van der Waals surface area contributed by atoms with E-state index in [9.17, 15) is 14.0 Å². The number of carbonyl (C=O) groups is 2. The number of pyridine rings is 1. The van der Waals surface area contributed by atoms with Crippen molar-refractivity contribution in [2.75, 3.05) is 23.9 Å². The van der Waals surface area contributed by atoms with Gasteiger partial charge in [-0.3, -0.25) is 14.5 Å². The smallest absolute Gasteiger partial charge is 0.412 e. The van der Waals surface area contributed by atoms with E-state index in [4.69, 9.17) is 9.47 Å². The summed E-state index contributed by atoms with van der Waals surface area (Å²) in [4.78, 5) is 27.0. The number of alkyl halides is 1. The molecule has 2 amide bonds. The Kier molecular flexibility index (Phi) is 6.74. The Bertz CT molecular complexity index is 558. The number of rotatable bonds is 6. The molecule has 0 aliphatic heterocycles. The fourth-order valence-electron chi connectivity index (χ4n) is 1.55. The summed E-state index contributed by atoms with van der Waals surface area (Å²) in [6, 6.07) is 1.44. The third kappa shape index (κ3) is 7.44. The van der Waals surface area contributed by atoms with Crippen LogP contribution < -0.4 is 15.4 Å². The summed E-state index contributed by atoms with van der Waals surface area (Å²) in [6.45, 7) is 6.18. The summed E-state index contributed by atoms with van der Waals surface area (Å²) in [5, 5.41) is 5.04. The summed E-state index contributed by atoms with van der Waals surface area (Å²) in [5.41, 5.74) is -0.385. The number of ether oxygens (including phenoxy) is 2. The van der Waals surface area contributed by atoms with Crippen LogP contribution in [-0.4, -0.2) is 35.9 Å². The van der Waals surface area contributed by atoms with Crippen LogP contribution in [0.1, 0.15) is 34.1 Å². The normalized spacial score (nSPS) is 10.8. The topological polar surface area (TPSA) is 89.6 Å². The largest absolute Gasteiger partial charge is 0.490 e. The SMILES string of the molecule is CC(=O)Nc1cc(NC(=O)OC(C)(C)C)c(OCCCF)cn1. The van der Waals surface area contributed by atoms with Gasteiger partial charge in [-0.25, -0.2) is 9.78 Å². The van der Waals surface area contributed by atoms with Crippen molar-refractivity contribution in [3.05, 3.63) is 12.3 Å². The van der Waals surface area contributed by atoms with Gasteiger partial charge in [0.15, 0.2) is 5.75 Å². The monoisotopic (exact) mass is 327 g/mol. The molecular weight excluding hydrogens is 305 g/mol. The van der Waals surface area contributed by atoms with E-state index in [1.807, 2.05) is 0 Å². The number of halogens is 1. The van der Waals surface area contributed by atoms with E-state index in [-0.39, 0.29) is 36.2 Å². The Morgan fingerprint density at radius 3 is 2.57 bits per heavy atom. The first kappa shape index (κ1) is 18.7. The minimum atomic E-state index is -0.673. The molecule has 0 saturated carbocycles. The van der Waals surface area contributed by atoms with Crippen molar-refractivity contribution in [2.45, 2.75) is 39.7 Å². The van der Waals surface area contributed by atoms with Gasteiger partial charge in [0.25, 0.3) is 0 Å². The van der Waals surface area contributed by atoms with Gasteiger partial charge in [-0.1, -0.05) is 0 Å². The van der Waals surface area contributed by atoms with E-state index in [1.54, 1.807) is 20.8 Å². The zero-order chi connectivity index (χ0) is 17.5. The van der Waals surface area contributed by atoms with Gasteiger partial charge in [0, 0.05) is 19.4 Å². The molecule has 128 valence electrons. The van der Waals surface area contributed by atoms with Crippen LogP contribution in [0.3, 0.4) is 0 Å². The molecule has 0 aliphatic carbocycles. The van der Waals surface area contributed by atoms with Crippen LogP contribution in [0.2, 0.25) is 0 Å². The third-order valence-electron chi connectivity index (χ3n) is 2.34. The van der Waals surface area contributed by atoms with E-state index in [0.717, 1.165) is 0 Å². The van der Waals surface area contributed by atoms with Crippen molar-refractivity contribution in [2.24, 2.45) is 0 Å². The molecule has 1 rings (SSSR count). The van der Waals surface area contributed by atoms with Crippen LogP contribution in [0.15, 0.2) is 12.3 Å². The molecule has 0 unspecified atom stereocenters. The Morgan fingerprint density at radius 2 is 2.00 bits per heavy atom. The summed E-state index contributed by atoms with van der Waals surface area (Å²) >= 11 is 0. The van der Waals surface area contributed by atoms with E-state index in [0.29, 0.717) is 0 Å². The molecule has 1 heterocycles. The molecule has 8 heteroatoms.